The lowest BCUT2D eigenvalue weighted by molar-refractivity contribution is -0.394. The van der Waals surface area contributed by atoms with Crippen LogP contribution in [0.2, 0.25) is 0 Å². The number of benzene rings is 6. The maximum atomic E-state index is 13.5. The highest BCUT2D eigenvalue weighted by Crippen LogP contribution is 2.39. The Bertz CT molecular complexity index is 2400. The fraction of sp³-hybridized carbons (Fsp3) is 0.296. The van der Waals surface area contributed by atoms with Crippen LogP contribution >= 0.6 is 0 Å². The molecule has 13 heteroatoms. The Hall–Kier alpha value is -6.10. The van der Waals surface area contributed by atoms with Crippen molar-refractivity contribution in [3.05, 3.63) is 215 Å². The van der Waals surface area contributed by atoms with Gasteiger partial charge in [0, 0.05) is 0 Å². The van der Waals surface area contributed by atoms with E-state index in [1.807, 2.05) is 121 Å². The Balaban J connectivity index is 1.15. The minimum Gasteiger partial charge on any atom is -0.459 e. The lowest BCUT2D eigenvalue weighted by atomic mass is 9.97. The molecule has 2 N–H and O–H groups in total. The highest BCUT2D eigenvalue weighted by Gasteiger charge is 2.60. The van der Waals surface area contributed by atoms with E-state index in [1.54, 1.807) is 60.7 Å². The van der Waals surface area contributed by atoms with E-state index in [4.69, 9.17) is 42.6 Å². The summed E-state index contributed by atoms with van der Waals surface area (Å²) in [4.78, 5) is 26.6. The summed E-state index contributed by atoms with van der Waals surface area (Å²) in [6.07, 6.45) is -10.2. The highest BCUT2D eigenvalue weighted by molar-refractivity contribution is 5.89. The van der Waals surface area contributed by atoms with Crippen LogP contribution in [0.4, 0.5) is 0 Å². The van der Waals surface area contributed by atoms with Gasteiger partial charge in [0.25, 0.3) is 0 Å². The van der Waals surface area contributed by atoms with Crippen molar-refractivity contribution in [2.24, 2.45) is 0 Å². The average Bonchev–Trinajstić information content (AvgIpc) is 3.61. The molecule has 0 bridgehead atoms. The summed E-state index contributed by atoms with van der Waals surface area (Å²) in [5, 5.41) is 23.7. The van der Waals surface area contributed by atoms with Gasteiger partial charge in [-0.2, -0.15) is 0 Å². The maximum absolute atomic E-state index is 13.5. The van der Waals surface area contributed by atoms with E-state index in [0.29, 0.717) is 0 Å². The number of carbonyl (C=O) groups excluding carboxylic acids is 2. The van der Waals surface area contributed by atoms with Gasteiger partial charge in [0.05, 0.1) is 44.2 Å². The van der Waals surface area contributed by atoms with E-state index >= 15 is 0 Å². The zero-order chi connectivity index (χ0) is 46.3. The normalized spacial score (nSPS) is 24.7. The van der Waals surface area contributed by atoms with Crippen LogP contribution in [0.15, 0.2) is 182 Å². The quantitative estimate of drug-likeness (QED) is 0.0698. The van der Waals surface area contributed by atoms with Gasteiger partial charge in [-0.15, -0.1) is 0 Å². The summed E-state index contributed by atoms with van der Waals surface area (Å²) in [5.74, 6) is -3.74. The van der Waals surface area contributed by atoms with Crippen molar-refractivity contribution in [1.82, 2.24) is 0 Å². The van der Waals surface area contributed by atoms with Gasteiger partial charge in [0.15, 0.2) is 6.29 Å². The summed E-state index contributed by atoms with van der Waals surface area (Å²) < 4.78 is 58.3. The van der Waals surface area contributed by atoms with E-state index in [9.17, 15) is 19.8 Å². The minimum atomic E-state index is -2.32. The van der Waals surface area contributed by atoms with Gasteiger partial charge in [0.1, 0.15) is 55.9 Å². The molecule has 0 amide bonds. The number of carbonyl (C=O) groups is 2. The molecule has 67 heavy (non-hydrogen) atoms. The number of esters is 2. The van der Waals surface area contributed by atoms with Crippen LogP contribution in [0.3, 0.4) is 0 Å². The van der Waals surface area contributed by atoms with Gasteiger partial charge in [-0.1, -0.05) is 158 Å². The standard InChI is InChI=1S/C54H54O13/c55-46-44(36-63-51(57)42-27-15-5-16-28-42)66-54(50(46)56,37-64-52(58)43-29-17-6-18-30-43)67-53-49(62-34-41-25-13-4-14-26-41)48(61-33-40-23-11-3-12-24-40)47(60-32-39-21-9-2-10-22-39)45(65-53)35-59-31-38-19-7-1-8-20-38/h1-30,44-50,53,55-56H,31-37H2/t44-,45-,46-,47-,48+,49-,50-,53-,54+/m1/s1. The molecule has 2 saturated heterocycles. The SMILES string of the molecule is O=C(OC[C@H]1O[C@@](COC(=O)c2ccccc2)(O[C@H]2O[C@H](COCc3ccccc3)[C@@H](OCc3ccccc3)[C@H](OCc3ccccc3)[C@H]2OCc2ccccc2)[C@H](O)[C@@H]1O)c1ccccc1. The second-order valence-electron chi connectivity index (χ2n) is 16.3. The Morgan fingerprint density at radius 1 is 0.478 bits per heavy atom. The fourth-order valence-electron chi connectivity index (χ4n) is 7.92. The monoisotopic (exact) mass is 910 g/mol. The van der Waals surface area contributed by atoms with Crippen molar-refractivity contribution in [3.8, 4) is 0 Å². The number of aliphatic hydroxyl groups is 2. The van der Waals surface area contributed by atoms with E-state index in [2.05, 4.69) is 0 Å². The first-order valence-electron chi connectivity index (χ1n) is 22.2. The second-order valence-corrected chi connectivity index (χ2v) is 16.3. The molecule has 6 aromatic rings. The van der Waals surface area contributed by atoms with Gasteiger partial charge in [0.2, 0.25) is 5.79 Å². The molecule has 2 heterocycles. The first-order valence-corrected chi connectivity index (χ1v) is 22.2. The van der Waals surface area contributed by atoms with E-state index < -0.39 is 80.0 Å². The lowest BCUT2D eigenvalue weighted by Gasteiger charge is -2.48. The number of ether oxygens (including phenoxy) is 9. The molecule has 0 saturated carbocycles. The predicted molar refractivity (Wildman–Crippen MR) is 244 cm³/mol. The summed E-state index contributed by atoms with van der Waals surface area (Å²) in [5.41, 5.74) is 4.04. The van der Waals surface area contributed by atoms with Crippen molar-refractivity contribution in [1.29, 1.82) is 0 Å². The molecule has 0 unspecified atom stereocenters. The van der Waals surface area contributed by atoms with Gasteiger partial charge >= 0.3 is 11.9 Å². The van der Waals surface area contributed by atoms with E-state index in [-0.39, 0.29) is 44.2 Å². The summed E-state index contributed by atoms with van der Waals surface area (Å²) in [6.45, 7) is -0.589. The van der Waals surface area contributed by atoms with E-state index in [1.165, 1.54) is 0 Å². The Kier molecular flexibility index (Phi) is 16.7. The van der Waals surface area contributed by atoms with Crippen molar-refractivity contribution in [2.75, 3.05) is 19.8 Å². The fourth-order valence-corrected chi connectivity index (χ4v) is 7.92. The van der Waals surface area contributed by atoms with Crippen LogP contribution in [0.5, 0.6) is 0 Å². The third kappa shape index (κ3) is 12.7. The number of aliphatic hydroxyl groups excluding tert-OH is 2. The number of hydrogen-bond acceptors (Lipinski definition) is 13. The Morgan fingerprint density at radius 3 is 1.39 bits per heavy atom. The van der Waals surface area contributed by atoms with Gasteiger partial charge < -0.3 is 52.8 Å². The lowest BCUT2D eigenvalue weighted by Crippen LogP contribution is -2.64. The van der Waals surface area contributed by atoms with Crippen LogP contribution in [0, 0.1) is 0 Å². The summed E-state index contributed by atoms with van der Waals surface area (Å²) >= 11 is 0. The molecule has 2 aliphatic rings. The minimum absolute atomic E-state index is 0.00902. The molecular formula is C54H54O13. The highest BCUT2D eigenvalue weighted by atomic mass is 16.8. The van der Waals surface area contributed by atoms with E-state index in [0.717, 1.165) is 22.3 Å². The van der Waals surface area contributed by atoms with Gasteiger partial charge in [-0.05, 0) is 46.5 Å². The Morgan fingerprint density at radius 2 is 0.896 bits per heavy atom. The van der Waals surface area contributed by atoms with Crippen LogP contribution < -0.4 is 0 Å². The Labute approximate surface area is 389 Å². The zero-order valence-corrected chi connectivity index (χ0v) is 36.8. The van der Waals surface area contributed by atoms with Crippen molar-refractivity contribution >= 4 is 11.9 Å². The first-order chi connectivity index (χ1) is 32.8. The molecule has 0 spiro atoms. The molecule has 0 aromatic heterocycles. The third-order valence-corrected chi connectivity index (χ3v) is 11.5. The van der Waals surface area contributed by atoms with Crippen LogP contribution in [0.25, 0.3) is 0 Å². The first kappa shape index (κ1) is 47.4. The van der Waals surface area contributed by atoms with Crippen molar-refractivity contribution in [3.63, 3.8) is 0 Å². The third-order valence-electron chi connectivity index (χ3n) is 11.5. The molecule has 0 radical (unpaired) electrons. The predicted octanol–water partition coefficient (Wildman–Crippen LogP) is 7.23. The largest absolute Gasteiger partial charge is 0.459 e. The second kappa shape index (κ2) is 23.6. The number of hydrogen-bond donors (Lipinski definition) is 2. The van der Waals surface area contributed by atoms with Crippen LogP contribution in [0.1, 0.15) is 43.0 Å². The summed E-state index contributed by atoms with van der Waals surface area (Å²) in [6, 6.07) is 55.1. The zero-order valence-electron chi connectivity index (χ0n) is 36.8. The van der Waals surface area contributed by atoms with Crippen LogP contribution in [-0.2, 0) is 69.1 Å². The van der Waals surface area contributed by atoms with Crippen molar-refractivity contribution < 1.29 is 62.4 Å². The average molecular weight is 911 g/mol. The molecule has 2 aliphatic heterocycles. The smallest absolute Gasteiger partial charge is 0.338 e. The molecular weight excluding hydrogens is 857 g/mol. The topological polar surface area (TPSA) is 158 Å². The maximum Gasteiger partial charge on any atom is 0.338 e. The molecule has 348 valence electrons. The van der Waals surface area contributed by atoms with Gasteiger partial charge in [-0.3, -0.25) is 0 Å². The van der Waals surface area contributed by atoms with Gasteiger partial charge in [-0.25, -0.2) is 9.59 Å². The molecule has 9 atom stereocenters. The van der Waals surface area contributed by atoms with Crippen LogP contribution in [-0.4, -0.2) is 96.8 Å². The molecule has 2 fully saturated rings. The van der Waals surface area contributed by atoms with Crippen molar-refractivity contribution in [2.45, 2.75) is 81.2 Å². The molecule has 6 aromatic carbocycles. The molecule has 13 nitrogen and oxygen atoms in total. The molecule has 8 rings (SSSR count). The summed E-state index contributed by atoms with van der Waals surface area (Å²) in [7, 11) is 0. The molecule has 0 aliphatic carbocycles. The number of rotatable bonds is 21.